The highest BCUT2D eigenvalue weighted by Crippen LogP contribution is 2.34. The van der Waals surface area contributed by atoms with Crippen LogP contribution in [-0.4, -0.2) is 46.8 Å². The lowest BCUT2D eigenvalue weighted by Gasteiger charge is -2.31. The Morgan fingerprint density at radius 1 is 1.41 bits per heavy atom. The molecule has 1 unspecified atom stereocenters. The minimum absolute atomic E-state index is 0.125. The van der Waals surface area contributed by atoms with Crippen molar-refractivity contribution in [3.8, 4) is 0 Å². The van der Waals surface area contributed by atoms with Gasteiger partial charge in [0, 0.05) is 24.1 Å². The van der Waals surface area contributed by atoms with Gasteiger partial charge in [-0.15, -0.1) is 11.3 Å². The zero-order valence-corrected chi connectivity index (χ0v) is 18.0. The molecule has 0 aliphatic heterocycles. The number of hydrogen-bond donors (Lipinski definition) is 0. The Kier molecular flexibility index (Phi) is 7.06. The molecule has 6 heteroatoms. The maximum atomic E-state index is 13.0. The van der Waals surface area contributed by atoms with Crippen molar-refractivity contribution in [2.75, 3.05) is 20.2 Å². The average Bonchev–Trinajstić information content (AvgIpc) is 3.03. The van der Waals surface area contributed by atoms with Gasteiger partial charge < -0.3 is 9.64 Å². The molecule has 1 aliphatic rings. The van der Waals surface area contributed by atoms with Gasteiger partial charge in [-0.05, 0) is 65.1 Å². The van der Waals surface area contributed by atoms with Crippen LogP contribution in [0, 0.1) is 0 Å². The Morgan fingerprint density at radius 3 is 2.96 bits per heavy atom. The molecular formula is C21H33N3O2S. The number of nitrogens with zero attached hydrogens (tertiary/aromatic N) is 3. The second kappa shape index (κ2) is 9.30. The van der Waals surface area contributed by atoms with E-state index in [0.717, 1.165) is 42.4 Å². The van der Waals surface area contributed by atoms with Gasteiger partial charge in [-0.25, -0.2) is 4.98 Å². The SMILES string of the molecule is CCCCN(C)C1CCc2c(sc3ncn(CCCOC(C)C)c(=O)c23)C1. The summed E-state index contributed by atoms with van der Waals surface area (Å²) < 4.78 is 7.35. The van der Waals surface area contributed by atoms with Crippen molar-refractivity contribution in [2.24, 2.45) is 0 Å². The molecule has 2 heterocycles. The summed E-state index contributed by atoms with van der Waals surface area (Å²) in [7, 11) is 2.24. The van der Waals surface area contributed by atoms with Crippen LogP contribution in [0.5, 0.6) is 0 Å². The molecule has 1 aliphatic carbocycles. The molecular weight excluding hydrogens is 358 g/mol. The Bertz CT molecular complexity index is 812. The summed E-state index contributed by atoms with van der Waals surface area (Å²) in [6.07, 6.45) is 8.45. The van der Waals surface area contributed by atoms with E-state index in [1.54, 1.807) is 22.2 Å². The van der Waals surface area contributed by atoms with Crippen LogP contribution < -0.4 is 5.56 Å². The average molecular weight is 392 g/mol. The molecule has 0 radical (unpaired) electrons. The number of hydrogen-bond acceptors (Lipinski definition) is 5. The van der Waals surface area contributed by atoms with Gasteiger partial charge in [0.25, 0.3) is 5.56 Å². The van der Waals surface area contributed by atoms with Crippen LogP contribution in [-0.2, 0) is 24.1 Å². The first kappa shape index (κ1) is 20.5. The molecule has 0 aromatic carbocycles. The number of rotatable bonds is 9. The van der Waals surface area contributed by atoms with Crippen LogP contribution in [0.15, 0.2) is 11.1 Å². The van der Waals surface area contributed by atoms with E-state index in [2.05, 4.69) is 23.9 Å². The number of likely N-dealkylation sites (N-methyl/N-ethyl adjacent to an activating group) is 1. The second-order valence-corrected chi connectivity index (χ2v) is 9.01. The predicted molar refractivity (Wildman–Crippen MR) is 113 cm³/mol. The van der Waals surface area contributed by atoms with Crippen molar-refractivity contribution >= 4 is 21.6 Å². The zero-order valence-electron chi connectivity index (χ0n) is 17.2. The molecule has 5 nitrogen and oxygen atoms in total. The molecule has 0 fully saturated rings. The van der Waals surface area contributed by atoms with E-state index in [4.69, 9.17) is 4.74 Å². The zero-order chi connectivity index (χ0) is 19.4. The normalized spacial score (nSPS) is 17.2. The first-order valence-corrected chi connectivity index (χ1v) is 11.1. The van der Waals surface area contributed by atoms with Gasteiger partial charge in [0.05, 0.1) is 17.8 Å². The van der Waals surface area contributed by atoms with Crippen molar-refractivity contribution in [3.05, 3.63) is 27.1 Å². The van der Waals surface area contributed by atoms with Crippen LogP contribution in [0.1, 0.15) is 56.9 Å². The fourth-order valence-corrected chi connectivity index (χ4v) is 5.11. The van der Waals surface area contributed by atoms with Gasteiger partial charge in [-0.3, -0.25) is 9.36 Å². The maximum Gasteiger partial charge on any atom is 0.262 e. The predicted octanol–water partition coefficient (Wildman–Crippen LogP) is 3.86. The Labute approximate surface area is 166 Å². The van der Waals surface area contributed by atoms with E-state index in [0.29, 0.717) is 19.2 Å². The first-order valence-electron chi connectivity index (χ1n) is 10.3. The summed E-state index contributed by atoms with van der Waals surface area (Å²) in [5.74, 6) is 0. The van der Waals surface area contributed by atoms with E-state index in [1.165, 1.54) is 23.3 Å². The van der Waals surface area contributed by atoms with Crippen LogP contribution >= 0.6 is 11.3 Å². The van der Waals surface area contributed by atoms with Crippen LogP contribution in [0.4, 0.5) is 0 Å². The third-order valence-corrected chi connectivity index (χ3v) is 6.65. The summed E-state index contributed by atoms with van der Waals surface area (Å²) in [4.78, 5) is 22.4. The summed E-state index contributed by atoms with van der Waals surface area (Å²) >= 11 is 1.72. The number of unbranched alkanes of at least 4 members (excludes halogenated alkanes) is 1. The number of aromatic nitrogens is 2. The van der Waals surface area contributed by atoms with Gasteiger partial charge >= 0.3 is 0 Å². The van der Waals surface area contributed by atoms with Gasteiger partial charge in [0.1, 0.15) is 4.83 Å². The van der Waals surface area contributed by atoms with E-state index in [9.17, 15) is 4.79 Å². The molecule has 0 bridgehead atoms. The first-order chi connectivity index (χ1) is 13.0. The topological polar surface area (TPSA) is 47.4 Å². The molecule has 3 rings (SSSR count). The van der Waals surface area contributed by atoms with Crippen molar-refractivity contribution in [1.29, 1.82) is 0 Å². The van der Waals surface area contributed by atoms with Crippen LogP contribution in [0.2, 0.25) is 0 Å². The summed E-state index contributed by atoms with van der Waals surface area (Å²) in [5, 5.41) is 0.872. The molecule has 150 valence electrons. The number of aryl methyl sites for hydroxylation is 2. The maximum absolute atomic E-state index is 13.0. The summed E-state index contributed by atoms with van der Waals surface area (Å²) in [5.41, 5.74) is 1.39. The second-order valence-electron chi connectivity index (χ2n) is 7.93. The minimum atomic E-state index is 0.125. The highest BCUT2D eigenvalue weighted by Gasteiger charge is 2.27. The van der Waals surface area contributed by atoms with E-state index >= 15 is 0 Å². The molecule has 27 heavy (non-hydrogen) atoms. The van der Waals surface area contributed by atoms with E-state index in [1.807, 2.05) is 13.8 Å². The number of ether oxygens (including phenoxy) is 1. The Morgan fingerprint density at radius 2 is 2.22 bits per heavy atom. The van der Waals surface area contributed by atoms with Gasteiger partial charge in [0.15, 0.2) is 0 Å². The van der Waals surface area contributed by atoms with E-state index in [-0.39, 0.29) is 11.7 Å². The van der Waals surface area contributed by atoms with Crippen LogP contribution in [0.3, 0.4) is 0 Å². The largest absolute Gasteiger partial charge is 0.379 e. The van der Waals surface area contributed by atoms with Crippen molar-refractivity contribution in [3.63, 3.8) is 0 Å². The third-order valence-electron chi connectivity index (χ3n) is 5.49. The van der Waals surface area contributed by atoms with Gasteiger partial charge in [-0.1, -0.05) is 13.3 Å². The van der Waals surface area contributed by atoms with Crippen molar-refractivity contribution < 1.29 is 4.74 Å². The molecule has 0 spiro atoms. The van der Waals surface area contributed by atoms with E-state index < -0.39 is 0 Å². The highest BCUT2D eigenvalue weighted by atomic mass is 32.1. The fourth-order valence-electron chi connectivity index (χ4n) is 3.86. The lowest BCUT2D eigenvalue weighted by atomic mass is 9.92. The monoisotopic (exact) mass is 391 g/mol. The molecule has 0 N–H and O–H groups in total. The Balaban J connectivity index is 1.75. The molecule has 1 atom stereocenters. The Hall–Kier alpha value is -1.24. The summed E-state index contributed by atoms with van der Waals surface area (Å²) in [6, 6.07) is 0.590. The third kappa shape index (κ3) is 4.79. The standard InChI is InChI=1S/C21H33N3O2S/c1-5-6-10-23(4)16-8-9-17-18(13-16)27-20-19(17)21(25)24(14-22-20)11-7-12-26-15(2)3/h14-16H,5-13H2,1-4H3. The number of thiophene rings is 1. The number of fused-ring (bicyclic) bond motifs is 3. The summed E-state index contributed by atoms with van der Waals surface area (Å²) in [6.45, 7) is 8.81. The lowest BCUT2D eigenvalue weighted by molar-refractivity contribution is 0.0747. The van der Waals surface area contributed by atoms with Gasteiger partial charge in [0.2, 0.25) is 0 Å². The molecule has 0 amide bonds. The lowest BCUT2D eigenvalue weighted by Crippen LogP contribution is -2.36. The molecule has 2 aromatic rings. The molecule has 2 aromatic heterocycles. The molecule has 0 saturated heterocycles. The fraction of sp³-hybridized carbons (Fsp3) is 0.714. The van der Waals surface area contributed by atoms with Crippen LogP contribution in [0.25, 0.3) is 10.2 Å². The molecule has 0 saturated carbocycles. The van der Waals surface area contributed by atoms with Crippen molar-refractivity contribution in [1.82, 2.24) is 14.5 Å². The highest BCUT2D eigenvalue weighted by molar-refractivity contribution is 7.18. The van der Waals surface area contributed by atoms with Crippen molar-refractivity contribution in [2.45, 2.75) is 78.0 Å². The minimum Gasteiger partial charge on any atom is -0.379 e. The van der Waals surface area contributed by atoms with Gasteiger partial charge in [-0.2, -0.15) is 0 Å². The smallest absolute Gasteiger partial charge is 0.262 e. The quantitative estimate of drug-likeness (QED) is 0.609.